The topological polar surface area (TPSA) is 99.1 Å². The van der Waals surface area contributed by atoms with Crippen LogP contribution in [0.2, 0.25) is 0 Å². The molecular formula is C31H33N5O3. The number of pyridine rings is 1. The molecule has 200 valence electrons. The third-order valence-corrected chi connectivity index (χ3v) is 7.16. The van der Waals surface area contributed by atoms with Crippen LogP contribution < -0.4 is 14.8 Å². The number of benzene rings is 2. The van der Waals surface area contributed by atoms with Crippen LogP contribution in [0.5, 0.6) is 17.4 Å². The second-order valence-corrected chi connectivity index (χ2v) is 9.77. The predicted molar refractivity (Wildman–Crippen MR) is 150 cm³/mol. The van der Waals surface area contributed by atoms with Gasteiger partial charge in [-0.25, -0.2) is 19.9 Å². The van der Waals surface area contributed by atoms with E-state index in [1.807, 2.05) is 38.1 Å². The van der Waals surface area contributed by atoms with Crippen molar-refractivity contribution in [2.75, 3.05) is 12.4 Å². The molecule has 1 fully saturated rings. The molecule has 2 aromatic carbocycles. The molecule has 2 heterocycles. The molecule has 0 radical (unpaired) electrons. The highest BCUT2D eigenvalue weighted by molar-refractivity contribution is 6.05. The largest absolute Gasteiger partial charge is 0.495 e. The van der Waals surface area contributed by atoms with Gasteiger partial charge < -0.3 is 14.8 Å². The fraction of sp³-hybridized carbons (Fsp3) is 0.323. The van der Waals surface area contributed by atoms with Crippen molar-refractivity contribution in [2.45, 2.75) is 58.3 Å². The summed E-state index contributed by atoms with van der Waals surface area (Å²) < 4.78 is 11.8. The molecule has 8 heteroatoms. The normalized spacial score (nSPS) is 13.6. The number of rotatable bonds is 8. The smallest absolute Gasteiger partial charge is 0.255 e. The number of carbonyl (C=O) groups is 1. The standard InChI is InChI=1S/C31H33N5O3/c1-4-28-33-19-34-29(36-28)24-11-8-16-32-31(24)39-27-18-23(13-12-20(27)2)30(37)35-25-17-22(14-15-26(25)38-3)21-9-6-5-7-10-21/h8,11-19,21H,4-7,9-10H2,1-3H3,(H,35,37). The lowest BCUT2D eigenvalue weighted by atomic mass is 9.84. The van der Waals surface area contributed by atoms with Gasteiger partial charge in [-0.2, -0.15) is 0 Å². The third kappa shape index (κ3) is 6.06. The van der Waals surface area contributed by atoms with Gasteiger partial charge in [0.05, 0.1) is 18.4 Å². The average molecular weight is 524 g/mol. The van der Waals surface area contributed by atoms with Gasteiger partial charge in [-0.15, -0.1) is 0 Å². The van der Waals surface area contributed by atoms with Gasteiger partial charge in [0.2, 0.25) is 5.88 Å². The highest BCUT2D eigenvalue weighted by Gasteiger charge is 2.19. The number of hydrogen-bond acceptors (Lipinski definition) is 7. The van der Waals surface area contributed by atoms with Crippen molar-refractivity contribution in [3.05, 3.63) is 83.6 Å². The molecule has 1 aliphatic rings. The first kappa shape index (κ1) is 26.3. The first-order valence-electron chi connectivity index (χ1n) is 13.5. The Balaban J connectivity index is 1.40. The molecule has 39 heavy (non-hydrogen) atoms. The van der Waals surface area contributed by atoms with Gasteiger partial charge in [-0.05, 0) is 73.2 Å². The van der Waals surface area contributed by atoms with Crippen LogP contribution in [0, 0.1) is 6.92 Å². The minimum Gasteiger partial charge on any atom is -0.495 e. The first-order chi connectivity index (χ1) is 19.1. The summed E-state index contributed by atoms with van der Waals surface area (Å²) >= 11 is 0. The predicted octanol–water partition coefficient (Wildman–Crippen LogP) is 6.91. The van der Waals surface area contributed by atoms with Gasteiger partial charge in [0.25, 0.3) is 5.91 Å². The number of nitrogens with one attached hydrogen (secondary N) is 1. The van der Waals surface area contributed by atoms with E-state index < -0.39 is 0 Å². The van der Waals surface area contributed by atoms with Crippen molar-refractivity contribution in [3.8, 4) is 28.8 Å². The Bertz CT molecular complexity index is 1470. The fourth-order valence-electron chi connectivity index (χ4n) is 4.94. The van der Waals surface area contributed by atoms with E-state index in [9.17, 15) is 4.79 Å². The number of anilines is 1. The summed E-state index contributed by atoms with van der Waals surface area (Å²) in [5.74, 6) is 2.96. The molecule has 1 N–H and O–H groups in total. The molecule has 5 rings (SSSR count). The van der Waals surface area contributed by atoms with Gasteiger partial charge in [0.1, 0.15) is 23.7 Å². The summed E-state index contributed by atoms with van der Waals surface area (Å²) in [5, 5.41) is 3.06. The molecule has 4 aromatic rings. The van der Waals surface area contributed by atoms with E-state index in [0.29, 0.717) is 58.2 Å². The van der Waals surface area contributed by atoms with Gasteiger partial charge in [0.15, 0.2) is 5.82 Å². The molecule has 1 saturated carbocycles. The SMILES string of the molecule is CCc1ncnc(-c2cccnc2Oc2cc(C(=O)Nc3cc(C4CCCCC4)ccc3OC)ccc2C)n1. The van der Waals surface area contributed by atoms with Crippen LogP contribution in [0.15, 0.2) is 61.1 Å². The quantitative estimate of drug-likeness (QED) is 0.268. The molecule has 0 bridgehead atoms. The zero-order chi connectivity index (χ0) is 27.2. The number of amides is 1. The molecule has 1 aliphatic carbocycles. The number of ether oxygens (including phenoxy) is 2. The second-order valence-electron chi connectivity index (χ2n) is 9.77. The molecule has 0 unspecified atom stereocenters. The number of hydrogen-bond donors (Lipinski definition) is 1. The van der Waals surface area contributed by atoms with E-state index in [2.05, 4.69) is 37.4 Å². The summed E-state index contributed by atoms with van der Waals surface area (Å²) in [6.45, 7) is 3.91. The van der Waals surface area contributed by atoms with Crippen molar-refractivity contribution in [1.29, 1.82) is 0 Å². The maximum absolute atomic E-state index is 13.4. The lowest BCUT2D eigenvalue weighted by Gasteiger charge is -2.23. The summed E-state index contributed by atoms with van der Waals surface area (Å²) in [6, 6.07) is 15.1. The lowest BCUT2D eigenvalue weighted by molar-refractivity contribution is 0.102. The number of carbonyl (C=O) groups excluding carboxylic acids is 1. The Morgan fingerprint density at radius 3 is 2.64 bits per heavy atom. The van der Waals surface area contributed by atoms with Crippen molar-refractivity contribution in [3.63, 3.8) is 0 Å². The summed E-state index contributed by atoms with van der Waals surface area (Å²) in [7, 11) is 1.61. The summed E-state index contributed by atoms with van der Waals surface area (Å²) in [6.07, 6.45) is 9.98. The summed E-state index contributed by atoms with van der Waals surface area (Å²) in [4.78, 5) is 30.8. The third-order valence-electron chi connectivity index (χ3n) is 7.16. The molecular weight excluding hydrogens is 490 g/mol. The van der Waals surface area contributed by atoms with E-state index in [0.717, 1.165) is 5.56 Å². The Morgan fingerprint density at radius 1 is 1.00 bits per heavy atom. The maximum Gasteiger partial charge on any atom is 0.255 e. The molecule has 0 saturated heterocycles. The van der Waals surface area contributed by atoms with Crippen LogP contribution in [0.25, 0.3) is 11.4 Å². The molecule has 0 spiro atoms. The van der Waals surface area contributed by atoms with Crippen LogP contribution in [0.4, 0.5) is 5.69 Å². The van der Waals surface area contributed by atoms with E-state index in [-0.39, 0.29) is 5.91 Å². The van der Waals surface area contributed by atoms with Gasteiger partial charge in [0, 0.05) is 18.2 Å². The van der Waals surface area contributed by atoms with Crippen LogP contribution in [0.3, 0.4) is 0 Å². The number of aryl methyl sites for hydroxylation is 2. The Kier molecular flexibility index (Phi) is 8.10. The van der Waals surface area contributed by atoms with E-state index >= 15 is 0 Å². The minimum absolute atomic E-state index is 0.245. The van der Waals surface area contributed by atoms with E-state index in [4.69, 9.17) is 9.47 Å². The first-order valence-corrected chi connectivity index (χ1v) is 13.5. The fourth-order valence-corrected chi connectivity index (χ4v) is 4.94. The Labute approximate surface area is 228 Å². The van der Waals surface area contributed by atoms with Gasteiger partial charge >= 0.3 is 0 Å². The molecule has 0 aliphatic heterocycles. The van der Waals surface area contributed by atoms with E-state index in [1.165, 1.54) is 44.0 Å². The van der Waals surface area contributed by atoms with Gasteiger partial charge in [-0.3, -0.25) is 4.79 Å². The average Bonchev–Trinajstić information content (AvgIpc) is 2.99. The number of nitrogens with zero attached hydrogens (tertiary/aromatic N) is 4. The zero-order valence-corrected chi connectivity index (χ0v) is 22.6. The summed E-state index contributed by atoms with van der Waals surface area (Å²) in [5.41, 5.74) is 3.89. The van der Waals surface area contributed by atoms with Crippen molar-refractivity contribution in [1.82, 2.24) is 19.9 Å². The Morgan fingerprint density at radius 2 is 1.85 bits per heavy atom. The maximum atomic E-state index is 13.4. The van der Waals surface area contributed by atoms with Crippen molar-refractivity contribution < 1.29 is 14.3 Å². The van der Waals surface area contributed by atoms with Gasteiger partial charge in [-0.1, -0.05) is 38.3 Å². The highest BCUT2D eigenvalue weighted by atomic mass is 16.5. The molecule has 1 amide bonds. The van der Waals surface area contributed by atoms with Crippen LogP contribution >= 0.6 is 0 Å². The van der Waals surface area contributed by atoms with Crippen LogP contribution in [0.1, 0.15) is 72.3 Å². The van der Waals surface area contributed by atoms with Crippen molar-refractivity contribution in [2.24, 2.45) is 0 Å². The highest BCUT2D eigenvalue weighted by Crippen LogP contribution is 2.37. The Hall–Kier alpha value is -4.33. The van der Waals surface area contributed by atoms with Crippen LogP contribution in [-0.4, -0.2) is 33.0 Å². The van der Waals surface area contributed by atoms with Crippen molar-refractivity contribution >= 4 is 11.6 Å². The zero-order valence-electron chi connectivity index (χ0n) is 22.6. The lowest BCUT2D eigenvalue weighted by Crippen LogP contribution is -2.14. The van der Waals surface area contributed by atoms with E-state index in [1.54, 1.807) is 25.4 Å². The molecule has 2 aromatic heterocycles. The minimum atomic E-state index is -0.245. The number of methoxy groups -OCH3 is 1. The molecule has 0 atom stereocenters. The number of aromatic nitrogens is 4. The second kappa shape index (κ2) is 12.0. The van der Waals surface area contributed by atoms with Crippen LogP contribution in [-0.2, 0) is 6.42 Å². The molecule has 8 nitrogen and oxygen atoms in total. The monoisotopic (exact) mass is 523 g/mol.